The minimum Gasteiger partial charge on any atom is -0.493 e. The third-order valence-corrected chi connectivity index (χ3v) is 4.78. The van der Waals surface area contributed by atoms with Gasteiger partial charge in [0.25, 0.3) is 0 Å². The number of rotatable bonds is 7. The van der Waals surface area contributed by atoms with Crippen molar-refractivity contribution in [1.82, 2.24) is 9.97 Å². The van der Waals surface area contributed by atoms with Gasteiger partial charge in [-0.2, -0.15) is 4.98 Å². The summed E-state index contributed by atoms with van der Waals surface area (Å²) in [5, 5.41) is 0.812. The van der Waals surface area contributed by atoms with E-state index in [0.29, 0.717) is 46.4 Å². The molecule has 0 saturated carbocycles. The third-order valence-electron chi connectivity index (χ3n) is 4.78. The van der Waals surface area contributed by atoms with E-state index < -0.39 is 0 Å². The first-order chi connectivity index (χ1) is 15.0. The van der Waals surface area contributed by atoms with Crippen molar-refractivity contribution in [3.05, 3.63) is 65.3 Å². The fourth-order valence-electron chi connectivity index (χ4n) is 3.29. The molecule has 0 fully saturated rings. The van der Waals surface area contributed by atoms with Crippen LogP contribution in [0.15, 0.2) is 47.0 Å². The molecule has 0 radical (unpaired) electrons. The topological polar surface area (TPSA) is 119 Å². The van der Waals surface area contributed by atoms with Gasteiger partial charge >= 0.3 is 0 Å². The first kappa shape index (κ1) is 20.3. The maximum atomic E-state index is 13.1. The van der Waals surface area contributed by atoms with Gasteiger partial charge in [-0.15, -0.1) is 0 Å². The number of fused-ring (bicyclic) bond motifs is 1. The molecule has 0 spiro atoms. The molecule has 2 aromatic heterocycles. The maximum Gasteiger partial charge on any atom is 0.221 e. The summed E-state index contributed by atoms with van der Waals surface area (Å²) in [6.07, 6.45) is 2.03. The van der Waals surface area contributed by atoms with Crippen LogP contribution in [-0.4, -0.2) is 24.2 Å². The van der Waals surface area contributed by atoms with Crippen LogP contribution >= 0.6 is 0 Å². The van der Waals surface area contributed by atoms with Crippen LogP contribution in [0.1, 0.15) is 16.9 Å². The van der Waals surface area contributed by atoms with E-state index >= 15 is 0 Å². The molecule has 0 aliphatic rings. The number of nitrogen functional groups attached to an aromatic ring is 2. The van der Waals surface area contributed by atoms with E-state index in [1.807, 2.05) is 12.1 Å². The Morgan fingerprint density at radius 3 is 2.48 bits per heavy atom. The molecular weight excluding hydrogens is 403 g/mol. The summed E-state index contributed by atoms with van der Waals surface area (Å²) in [4.78, 5) is 8.05. The Kier molecular flexibility index (Phi) is 5.48. The highest BCUT2D eigenvalue weighted by Gasteiger charge is 2.20. The Hall–Kier alpha value is -4.01. The Labute approximate surface area is 177 Å². The number of nitrogens with zero attached hydrogens (tertiary/aromatic N) is 2. The first-order valence-corrected chi connectivity index (χ1v) is 9.40. The van der Waals surface area contributed by atoms with Crippen LogP contribution in [0.5, 0.6) is 17.2 Å². The standard InChI is InChI=1S/C22H21FN4O4/c1-28-18-8-12(7-13-10-26-22(25)27-21(13)24)17-9-16(31-19(17)20(18)29-2)11-30-15-5-3-14(23)4-6-15/h3-6,8-10H,7,11H2,1-2H3,(H4,24,25,26,27). The van der Waals surface area contributed by atoms with Gasteiger partial charge in [0.15, 0.2) is 11.3 Å². The van der Waals surface area contributed by atoms with Gasteiger partial charge in [-0.25, -0.2) is 9.37 Å². The highest BCUT2D eigenvalue weighted by Crippen LogP contribution is 2.40. The third kappa shape index (κ3) is 4.16. The lowest BCUT2D eigenvalue weighted by Gasteiger charge is -2.12. The molecule has 9 heteroatoms. The van der Waals surface area contributed by atoms with Gasteiger partial charge in [-0.1, -0.05) is 0 Å². The zero-order valence-electron chi connectivity index (χ0n) is 17.0. The highest BCUT2D eigenvalue weighted by molar-refractivity contribution is 5.90. The first-order valence-electron chi connectivity index (χ1n) is 9.40. The summed E-state index contributed by atoms with van der Waals surface area (Å²) in [5.41, 5.74) is 13.7. The average molecular weight is 424 g/mol. The summed E-state index contributed by atoms with van der Waals surface area (Å²) in [7, 11) is 3.09. The highest BCUT2D eigenvalue weighted by atomic mass is 19.1. The molecule has 4 N–H and O–H groups in total. The van der Waals surface area contributed by atoms with Crippen molar-refractivity contribution in [3.63, 3.8) is 0 Å². The lowest BCUT2D eigenvalue weighted by molar-refractivity contribution is 0.272. The van der Waals surface area contributed by atoms with Crippen molar-refractivity contribution in [1.29, 1.82) is 0 Å². The number of anilines is 2. The average Bonchev–Trinajstić information content (AvgIpc) is 3.19. The van der Waals surface area contributed by atoms with Gasteiger partial charge in [0, 0.05) is 23.6 Å². The molecule has 160 valence electrons. The molecule has 8 nitrogen and oxygen atoms in total. The number of ether oxygens (including phenoxy) is 3. The predicted molar refractivity (Wildman–Crippen MR) is 114 cm³/mol. The minimum absolute atomic E-state index is 0.113. The second-order valence-electron chi connectivity index (χ2n) is 6.78. The second-order valence-corrected chi connectivity index (χ2v) is 6.78. The molecule has 0 aliphatic heterocycles. The molecule has 0 bridgehead atoms. The van der Waals surface area contributed by atoms with Crippen LogP contribution in [0.2, 0.25) is 0 Å². The van der Waals surface area contributed by atoms with E-state index in [4.69, 9.17) is 30.1 Å². The maximum absolute atomic E-state index is 13.1. The number of furan rings is 1. The van der Waals surface area contributed by atoms with Crippen LogP contribution < -0.4 is 25.7 Å². The van der Waals surface area contributed by atoms with Gasteiger partial charge < -0.3 is 30.1 Å². The Morgan fingerprint density at radius 1 is 1.03 bits per heavy atom. The van der Waals surface area contributed by atoms with Crippen molar-refractivity contribution in [3.8, 4) is 17.2 Å². The number of benzene rings is 2. The molecule has 4 aromatic rings. The van der Waals surface area contributed by atoms with Crippen LogP contribution in [0, 0.1) is 5.82 Å². The summed E-state index contributed by atoms with van der Waals surface area (Å²) < 4.78 is 35.8. The molecule has 0 saturated heterocycles. The quantitative estimate of drug-likeness (QED) is 0.461. The SMILES string of the molecule is COc1cc(Cc2cnc(N)nc2N)c2cc(COc3ccc(F)cc3)oc2c1OC. The molecule has 0 unspecified atom stereocenters. The molecule has 0 amide bonds. The largest absolute Gasteiger partial charge is 0.493 e. The van der Waals surface area contributed by atoms with E-state index in [2.05, 4.69) is 9.97 Å². The molecule has 2 aromatic carbocycles. The number of nitrogens with two attached hydrogens (primary N) is 2. The van der Waals surface area contributed by atoms with E-state index in [1.54, 1.807) is 32.5 Å². The lowest BCUT2D eigenvalue weighted by atomic mass is 10.0. The summed E-state index contributed by atoms with van der Waals surface area (Å²) in [6, 6.07) is 9.49. The summed E-state index contributed by atoms with van der Waals surface area (Å²) >= 11 is 0. The number of methoxy groups -OCH3 is 2. The zero-order chi connectivity index (χ0) is 22.0. The zero-order valence-corrected chi connectivity index (χ0v) is 17.0. The van der Waals surface area contributed by atoms with Crippen molar-refractivity contribution in [2.75, 3.05) is 25.7 Å². The van der Waals surface area contributed by atoms with Gasteiger partial charge in [0.1, 0.15) is 29.8 Å². The lowest BCUT2D eigenvalue weighted by Crippen LogP contribution is -2.04. The molecule has 0 atom stereocenters. The van der Waals surface area contributed by atoms with Gasteiger partial charge in [-0.05, 0) is 42.0 Å². The molecular formula is C22H21FN4O4. The number of aromatic nitrogens is 2. The van der Waals surface area contributed by atoms with E-state index in [1.165, 1.54) is 12.1 Å². The fourth-order valence-corrected chi connectivity index (χ4v) is 3.29. The number of hydrogen-bond acceptors (Lipinski definition) is 8. The number of hydrogen-bond donors (Lipinski definition) is 2. The van der Waals surface area contributed by atoms with E-state index in [0.717, 1.165) is 10.9 Å². The van der Waals surface area contributed by atoms with Crippen LogP contribution in [0.25, 0.3) is 11.0 Å². The van der Waals surface area contributed by atoms with Gasteiger partial charge in [-0.3, -0.25) is 0 Å². The monoisotopic (exact) mass is 424 g/mol. The predicted octanol–water partition coefficient (Wildman–Crippen LogP) is 3.71. The Balaban J connectivity index is 1.72. The van der Waals surface area contributed by atoms with E-state index in [-0.39, 0.29) is 18.4 Å². The van der Waals surface area contributed by atoms with Crippen LogP contribution in [-0.2, 0) is 13.0 Å². The van der Waals surface area contributed by atoms with Crippen molar-refractivity contribution in [2.24, 2.45) is 0 Å². The molecule has 31 heavy (non-hydrogen) atoms. The van der Waals surface area contributed by atoms with Crippen LogP contribution in [0.4, 0.5) is 16.2 Å². The number of halogens is 1. The van der Waals surface area contributed by atoms with Crippen molar-refractivity contribution < 1.29 is 23.0 Å². The normalized spacial score (nSPS) is 10.9. The summed E-state index contributed by atoms with van der Waals surface area (Å²) in [6.45, 7) is 0.151. The fraction of sp³-hybridized carbons (Fsp3) is 0.182. The van der Waals surface area contributed by atoms with E-state index in [9.17, 15) is 4.39 Å². The minimum atomic E-state index is -0.330. The van der Waals surface area contributed by atoms with Crippen molar-refractivity contribution in [2.45, 2.75) is 13.0 Å². The van der Waals surface area contributed by atoms with Crippen molar-refractivity contribution >= 4 is 22.7 Å². The summed E-state index contributed by atoms with van der Waals surface area (Å²) in [5.74, 6) is 2.16. The van der Waals surface area contributed by atoms with Gasteiger partial charge in [0.05, 0.1) is 14.2 Å². The van der Waals surface area contributed by atoms with Gasteiger partial charge in [0.2, 0.25) is 11.7 Å². The van der Waals surface area contributed by atoms with Crippen LogP contribution in [0.3, 0.4) is 0 Å². The molecule has 4 rings (SSSR count). The Bertz CT molecular complexity index is 1220. The smallest absolute Gasteiger partial charge is 0.221 e. The second kappa shape index (κ2) is 8.39. The molecule has 2 heterocycles. The Morgan fingerprint density at radius 2 is 1.81 bits per heavy atom. The molecule has 0 aliphatic carbocycles.